The molecular formula is C24H20O5. The van der Waals surface area contributed by atoms with Crippen LogP contribution in [-0.4, -0.2) is 26.0 Å². The average molecular weight is 388 g/mol. The summed E-state index contributed by atoms with van der Waals surface area (Å²) in [6.45, 7) is 0. The van der Waals surface area contributed by atoms with Crippen molar-refractivity contribution in [2.75, 3.05) is 14.2 Å². The molecule has 0 saturated carbocycles. The summed E-state index contributed by atoms with van der Waals surface area (Å²) in [7, 11) is 3.07. The van der Waals surface area contributed by atoms with Crippen LogP contribution in [0.15, 0.2) is 78.9 Å². The molecule has 0 saturated heterocycles. The van der Waals surface area contributed by atoms with Crippen LogP contribution in [0, 0.1) is 0 Å². The summed E-state index contributed by atoms with van der Waals surface area (Å²) in [5, 5.41) is 0. The van der Waals surface area contributed by atoms with Crippen LogP contribution in [0.3, 0.4) is 0 Å². The number of hydrogen-bond donors (Lipinski definition) is 0. The van der Waals surface area contributed by atoms with Gasteiger partial charge in [0.1, 0.15) is 17.2 Å². The number of benzene rings is 3. The number of methoxy groups -OCH3 is 2. The van der Waals surface area contributed by atoms with E-state index in [1.165, 1.54) is 19.3 Å². The predicted molar refractivity (Wildman–Crippen MR) is 111 cm³/mol. The zero-order valence-corrected chi connectivity index (χ0v) is 16.1. The molecule has 3 aromatic carbocycles. The van der Waals surface area contributed by atoms with Crippen molar-refractivity contribution < 1.29 is 23.8 Å². The van der Waals surface area contributed by atoms with E-state index >= 15 is 0 Å². The van der Waals surface area contributed by atoms with Gasteiger partial charge in [0.25, 0.3) is 0 Å². The number of carbonyl (C=O) groups excluding carboxylic acids is 2. The Balaban J connectivity index is 1.89. The largest absolute Gasteiger partial charge is 0.497 e. The van der Waals surface area contributed by atoms with Crippen molar-refractivity contribution in [3.8, 4) is 17.2 Å². The maximum absolute atomic E-state index is 12.8. The fourth-order valence-corrected chi connectivity index (χ4v) is 2.71. The van der Waals surface area contributed by atoms with Crippen LogP contribution < -0.4 is 14.2 Å². The van der Waals surface area contributed by atoms with Gasteiger partial charge in [-0.15, -0.1) is 0 Å². The van der Waals surface area contributed by atoms with Crippen molar-refractivity contribution in [3.63, 3.8) is 0 Å². The second-order valence-electron chi connectivity index (χ2n) is 6.06. The maximum atomic E-state index is 12.8. The van der Waals surface area contributed by atoms with Crippen molar-refractivity contribution in [2.45, 2.75) is 0 Å². The van der Waals surface area contributed by atoms with Crippen molar-refractivity contribution >= 4 is 17.8 Å². The van der Waals surface area contributed by atoms with Gasteiger partial charge >= 0.3 is 5.97 Å². The summed E-state index contributed by atoms with van der Waals surface area (Å²) in [5.74, 6) is 0.400. The van der Waals surface area contributed by atoms with Crippen molar-refractivity contribution in [1.29, 1.82) is 0 Å². The number of ketones is 1. The summed E-state index contributed by atoms with van der Waals surface area (Å²) in [6.07, 6.45) is 3.08. The lowest BCUT2D eigenvalue weighted by Crippen LogP contribution is -2.11. The molecule has 0 radical (unpaired) electrons. The predicted octanol–water partition coefficient (Wildman–Crippen LogP) is 4.82. The van der Waals surface area contributed by atoms with E-state index in [0.29, 0.717) is 17.1 Å². The molecule has 29 heavy (non-hydrogen) atoms. The van der Waals surface area contributed by atoms with Crippen molar-refractivity contribution in [2.24, 2.45) is 0 Å². The molecule has 0 heterocycles. The molecule has 0 aliphatic carbocycles. The molecule has 0 unspecified atom stereocenters. The van der Waals surface area contributed by atoms with Gasteiger partial charge in [0.15, 0.2) is 5.78 Å². The molecule has 3 aromatic rings. The van der Waals surface area contributed by atoms with Gasteiger partial charge < -0.3 is 14.2 Å². The van der Waals surface area contributed by atoms with Gasteiger partial charge in [0, 0.05) is 11.6 Å². The molecular weight excluding hydrogens is 368 g/mol. The number of hydrogen-bond acceptors (Lipinski definition) is 5. The number of esters is 1. The number of allylic oxidation sites excluding steroid dienone is 1. The lowest BCUT2D eigenvalue weighted by molar-refractivity contribution is 0.0733. The van der Waals surface area contributed by atoms with Crippen LogP contribution in [0.4, 0.5) is 0 Å². The Morgan fingerprint density at radius 3 is 2.24 bits per heavy atom. The second kappa shape index (κ2) is 9.37. The zero-order valence-electron chi connectivity index (χ0n) is 16.1. The van der Waals surface area contributed by atoms with Crippen LogP contribution in [0.1, 0.15) is 26.3 Å². The highest BCUT2D eigenvalue weighted by Crippen LogP contribution is 2.27. The smallest absolute Gasteiger partial charge is 0.343 e. The summed E-state index contributed by atoms with van der Waals surface area (Å²) < 4.78 is 16.0. The fraction of sp³-hybridized carbons (Fsp3) is 0.0833. The molecule has 0 aromatic heterocycles. The van der Waals surface area contributed by atoms with Gasteiger partial charge in [-0.2, -0.15) is 0 Å². The minimum Gasteiger partial charge on any atom is -0.497 e. The van der Waals surface area contributed by atoms with Crippen LogP contribution in [-0.2, 0) is 0 Å². The van der Waals surface area contributed by atoms with Crippen molar-refractivity contribution in [3.05, 3.63) is 95.6 Å². The molecule has 0 amide bonds. The van der Waals surface area contributed by atoms with Crippen LogP contribution in [0.2, 0.25) is 0 Å². The van der Waals surface area contributed by atoms with Gasteiger partial charge in [0.2, 0.25) is 0 Å². The number of rotatable bonds is 7. The molecule has 0 fully saturated rings. The third-order valence-corrected chi connectivity index (χ3v) is 4.22. The van der Waals surface area contributed by atoms with Crippen LogP contribution >= 0.6 is 0 Å². The average Bonchev–Trinajstić information content (AvgIpc) is 2.78. The Morgan fingerprint density at radius 2 is 1.52 bits per heavy atom. The maximum Gasteiger partial charge on any atom is 0.343 e. The molecule has 5 nitrogen and oxygen atoms in total. The Kier molecular flexibility index (Phi) is 6.43. The first-order valence-electron chi connectivity index (χ1n) is 8.93. The van der Waals surface area contributed by atoms with Gasteiger partial charge in [-0.3, -0.25) is 4.79 Å². The van der Waals surface area contributed by atoms with Crippen molar-refractivity contribution in [1.82, 2.24) is 0 Å². The normalized spacial score (nSPS) is 10.6. The van der Waals surface area contributed by atoms with Crippen LogP contribution in [0.5, 0.6) is 17.2 Å². The highest BCUT2D eigenvalue weighted by Gasteiger charge is 2.16. The van der Waals surface area contributed by atoms with Gasteiger partial charge in [-0.1, -0.05) is 36.4 Å². The zero-order chi connectivity index (χ0) is 20.6. The molecule has 146 valence electrons. The Morgan fingerprint density at radius 1 is 0.793 bits per heavy atom. The lowest BCUT2D eigenvalue weighted by Gasteiger charge is -2.10. The molecule has 3 rings (SSSR count). The number of carbonyl (C=O) groups is 2. The van der Waals surface area contributed by atoms with E-state index in [1.807, 2.05) is 24.3 Å². The summed E-state index contributed by atoms with van der Waals surface area (Å²) in [6, 6.07) is 20.7. The summed E-state index contributed by atoms with van der Waals surface area (Å²) >= 11 is 0. The SMILES string of the molecule is COc1ccc(C(=O)C=Cc2ccccc2OC)c(OC(=O)c2ccccc2)c1. The second-order valence-corrected chi connectivity index (χ2v) is 6.06. The monoisotopic (exact) mass is 388 g/mol. The number of para-hydroxylation sites is 1. The van der Waals surface area contributed by atoms with E-state index in [9.17, 15) is 9.59 Å². The van der Waals surface area contributed by atoms with Gasteiger partial charge in [0.05, 0.1) is 25.3 Å². The minimum absolute atomic E-state index is 0.132. The Labute approximate surface area is 169 Å². The molecule has 0 aliphatic rings. The third-order valence-electron chi connectivity index (χ3n) is 4.22. The molecule has 5 heteroatoms. The van der Waals surface area contributed by atoms with E-state index in [4.69, 9.17) is 14.2 Å². The van der Waals surface area contributed by atoms with Gasteiger partial charge in [-0.05, 0) is 42.5 Å². The first-order valence-corrected chi connectivity index (χ1v) is 8.93. The third kappa shape index (κ3) is 4.90. The molecule has 0 N–H and O–H groups in total. The van der Waals surface area contributed by atoms with E-state index in [2.05, 4.69) is 0 Å². The quantitative estimate of drug-likeness (QED) is 0.251. The molecule has 0 spiro atoms. The summed E-state index contributed by atoms with van der Waals surface area (Å²) in [4.78, 5) is 25.2. The van der Waals surface area contributed by atoms with Crippen LogP contribution in [0.25, 0.3) is 6.08 Å². The van der Waals surface area contributed by atoms with E-state index in [0.717, 1.165) is 5.56 Å². The first-order chi connectivity index (χ1) is 14.1. The Bertz CT molecular complexity index is 1040. The highest BCUT2D eigenvalue weighted by molar-refractivity contribution is 6.09. The van der Waals surface area contributed by atoms with E-state index in [-0.39, 0.29) is 17.1 Å². The minimum atomic E-state index is -0.554. The fourth-order valence-electron chi connectivity index (χ4n) is 2.71. The van der Waals surface area contributed by atoms with E-state index in [1.54, 1.807) is 55.7 Å². The Hall–Kier alpha value is -3.86. The lowest BCUT2D eigenvalue weighted by atomic mass is 10.1. The topological polar surface area (TPSA) is 61.8 Å². The number of ether oxygens (including phenoxy) is 3. The standard InChI is InChI=1S/C24H20O5/c1-27-19-13-14-20(21(25)15-12-17-8-6-7-11-22(17)28-2)23(16-19)29-24(26)18-9-4-3-5-10-18/h3-16H,1-2H3. The van der Waals surface area contributed by atoms with Gasteiger partial charge in [-0.25, -0.2) is 4.79 Å². The molecule has 0 aliphatic heterocycles. The molecule has 0 atom stereocenters. The van der Waals surface area contributed by atoms with E-state index < -0.39 is 5.97 Å². The highest BCUT2D eigenvalue weighted by atomic mass is 16.5. The first kappa shape index (κ1) is 19.9. The summed E-state index contributed by atoms with van der Waals surface area (Å²) in [5.41, 5.74) is 1.40. The molecule has 0 bridgehead atoms.